The fraction of sp³-hybridized carbons (Fsp3) is 0.176. The second-order valence-corrected chi connectivity index (χ2v) is 10.2. The predicted molar refractivity (Wildman–Crippen MR) is 152 cm³/mol. The highest BCUT2D eigenvalue weighted by Gasteiger charge is 2.33. The van der Waals surface area contributed by atoms with E-state index in [0.29, 0.717) is 11.6 Å². The number of hydrogen-bond donors (Lipinski definition) is 0. The van der Waals surface area contributed by atoms with Crippen molar-refractivity contribution in [3.63, 3.8) is 0 Å². The van der Waals surface area contributed by atoms with Crippen LogP contribution in [0.25, 0.3) is 34.4 Å². The molecule has 0 nitrogen and oxygen atoms in total. The number of fused-ring (bicyclic) bond motifs is 2. The third-order valence-corrected chi connectivity index (χ3v) is 7.93. The van der Waals surface area contributed by atoms with E-state index < -0.39 is 0 Å². The van der Waals surface area contributed by atoms with Crippen LogP contribution in [-0.2, 0) is 0 Å². The quantitative estimate of drug-likeness (QED) is 0.273. The maximum Gasteiger partial charge on any atom is 0.140 e. The van der Waals surface area contributed by atoms with E-state index in [1.807, 2.05) is 0 Å². The summed E-state index contributed by atoms with van der Waals surface area (Å²) in [5, 5.41) is 0. The summed E-state index contributed by atoms with van der Waals surface area (Å²) in [6, 6.07) is 31.1. The zero-order valence-electron chi connectivity index (χ0n) is 21.0. The molecule has 0 N–H and O–H groups in total. The van der Waals surface area contributed by atoms with Crippen LogP contribution in [0, 0.1) is 13.8 Å². The molecular weight excluding hydrogens is 419 g/mol. The predicted octanol–water partition coefficient (Wildman–Crippen LogP) is 8.96. The monoisotopic (exact) mass is 449 g/mol. The standard InChI is InChI=1S/C34H30B/c1-21-11-5-7-13-25(21)27-15-9-17-29-31(27)19-23(3)33(29)35-34-24(4)20-32-28(16-10-18-30(32)34)26-14-8-6-12-22(26)2/h5-20,33-34H,1-4H3. The van der Waals surface area contributed by atoms with Crippen LogP contribution in [0.3, 0.4) is 0 Å². The molecule has 0 spiro atoms. The molecule has 35 heavy (non-hydrogen) atoms. The molecule has 2 aliphatic carbocycles. The van der Waals surface area contributed by atoms with Crippen molar-refractivity contribution in [3.8, 4) is 22.3 Å². The lowest BCUT2D eigenvalue weighted by Gasteiger charge is -2.22. The van der Waals surface area contributed by atoms with E-state index in [2.05, 4.69) is 132 Å². The molecule has 0 heterocycles. The van der Waals surface area contributed by atoms with E-state index in [9.17, 15) is 0 Å². The van der Waals surface area contributed by atoms with E-state index in [1.165, 1.54) is 66.8 Å². The Morgan fingerprint density at radius 1 is 0.457 bits per heavy atom. The average molecular weight is 449 g/mol. The highest BCUT2D eigenvalue weighted by molar-refractivity contribution is 6.44. The Bertz CT molecular complexity index is 1400. The molecular formula is C34H30B. The molecule has 0 fully saturated rings. The Labute approximate surface area is 210 Å². The van der Waals surface area contributed by atoms with Gasteiger partial charge in [-0.25, -0.2) is 0 Å². The van der Waals surface area contributed by atoms with Crippen LogP contribution in [0.2, 0.25) is 0 Å². The van der Waals surface area contributed by atoms with E-state index in [-0.39, 0.29) is 0 Å². The lowest BCUT2D eigenvalue weighted by Crippen LogP contribution is -2.17. The number of benzene rings is 4. The molecule has 2 unspecified atom stereocenters. The molecule has 6 rings (SSSR count). The lowest BCUT2D eigenvalue weighted by molar-refractivity contribution is 1.04. The summed E-state index contributed by atoms with van der Waals surface area (Å²) in [5.41, 5.74) is 16.5. The highest BCUT2D eigenvalue weighted by atomic mass is 14.3. The summed E-state index contributed by atoms with van der Waals surface area (Å²) in [5.74, 6) is 0.658. The largest absolute Gasteiger partial charge is 0.140 e. The van der Waals surface area contributed by atoms with Gasteiger partial charge in [-0.05, 0) is 95.0 Å². The molecule has 4 aromatic rings. The minimum Gasteiger partial charge on any atom is -0.0732 e. The Balaban J connectivity index is 1.38. The molecule has 1 heteroatoms. The fourth-order valence-electron chi connectivity index (χ4n) is 6.08. The van der Waals surface area contributed by atoms with Gasteiger partial charge in [0.2, 0.25) is 0 Å². The molecule has 2 aliphatic rings. The Morgan fingerprint density at radius 3 is 1.29 bits per heavy atom. The van der Waals surface area contributed by atoms with Crippen molar-refractivity contribution in [2.45, 2.75) is 39.3 Å². The van der Waals surface area contributed by atoms with Gasteiger partial charge in [0.25, 0.3) is 0 Å². The van der Waals surface area contributed by atoms with Crippen LogP contribution in [0.15, 0.2) is 96.1 Å². The summed E-state index contributed by atoms with van der Waals surface area (Å²) in [6.45, 7) is 9.00. The third kappa shape index (κ3) is 3.62. The molecule has 0 saturated heterocycles. The minimum atomic E-state index is 0.329. The van der Waals surface area contributed by atoms with Gasteiger partial charge in [0.1, 0.15) is 7.28 Å². The molecule has 169 valence electrons. The SMILES string of the molecule is CC1=Cc2c(-c3ccccc3C)cccc2C1[B]C1C(C)=Cc2c(-c3ccccc3C)cccc21. The molecule has 0 aromatic heterocycles. The number of hydrogen-bond acceptors (Lipinski definition) is 0. The summed E-state index contributed by atoms with van der Waals surface area (Å²) < 4.78 is 0. The van der Waals surface area contributed by atoms with Crippen LogP contribution in [0.4, 0.5) is 0 Å². The highest BCUT2D eigenvalue weighted by Crippen LogP contribution is 2.47. The molecule has 0 saturated carbocycles. The first-order chi connectivity index (χ1) is 17.0. The van der Waals surface area contributed by atoms with Crippen LogP contribution in [-0.4, -0.2) is 7.28 Å². The van der Waals surface area contributed by atoms with Gasteiger partial charge in [0, 0.05) is 0 Å². The zero-order chi connectivity index (χ0) is 24.1. The maximum atomic E-state index is 2.58. The summed E-state index contributed by atoms with van der Waals surface area (Å²) in [4.78, 5) is 0. The average Bonchev–Trinajstić information content (AvgIpc) is 3.36. The van der Waals surface area contributed by atoms with E-state index >= 15 is 0 Å². The molecule has 0 bridgehead atoms. The minimum absolute atomic E-state index is 0.329. The van der Waals surface area contributed by atoms with Gasteiger partial charge in [-0.3, -0.25) is 0 Å². The lowest BCUT2D eigenvalue weighted by atomic mass is 9.49. The van der Waals surface area contributed by atoms with Crippen LogP contribution >= 0.6 is 0 Å². The second-order valence-electron chi connectivity index (χ2n) is 10.2. The molecule has 0 amide bonds. The van der Waals surface area contributed by atoms with Crippen molar-refractivity contribution in [3.05, 3.63) is 129 Å². The Morgan fingerprint density at radius 2 is 0.857 bits per heavy atom. The van der Waals surface area contributed by atoms with Gasteiger partial charge >= 0.3 is 0 Å². The topological polar surface area (TPSA) is 0 Å². The fourth-order valence-corrected chi connectivity index (χ4v) is 6.08. The van der Waals surface area contributed by atoms with Crippen molar-refractivity contribution >= 4 is 19.4 Å². The normalized spacial score (nSPS) is 18.1. The maximum absolute atomic E-state index is 2.58. The number of rotatable bonds is 4. The van der Waals surface area contributed by atoms with E-state index in [0.717, 1.165) is 0 Å². The first-order valence-corrected chi connectivity index (χ1v) is 12.6. The summed E-state index contributed by atoms with van der Waals surface area (Å²) in [7, 11) is 2.58. The van der Waals surface area contributed by atoms with Gasteiger partial charge in [-0.2, -0.15) is 0 Å². The van der Waals surface area contributed by atoms with Crippen molar-refractivity contribution in [1.29, 1.82) is 0 Å². The van der Waals surface area contributed by atoms with Gasteiger partial charge in [-0.1, -0.05) is 108 Å². The van der Waals surface area contributed by atoms with Gasteiger partial charge in [0.05, 0.1) is 0 Å². The van der Waals surface area contributed by atoms with Gasteiger partial charge in [0.15, 0.2) is 0 Å². The van der Waals surface area contributed by atoms with Crippen molar-refractivity contribution in [2.75, 3.05) is 0 Å². The smallest absolute Gasteiger partial charge is 0.0732 e. The van der Waals surface area contributed by atoms with Gasteiger partial charge < -0.3 is 0 Å². The Hall–Kier alpha value is -3.58. The molecule has 0 aliphatic heterocycles. The number of aryl methyl sites for hydroxylation is 2. The van der Waals surface area contributed by atoms with E-state index in [1.54, 1.807) is 0 Å². The number of allylic oxidation sites excluding steroid dienone is 2. The summed E-state index contributed by atoms with van der Waals surface area (Å²) in [6.07, 6.45) is 4.83. The van der Waals surface area contributed by atoms with Crippen LogP contribution in [0.5, 0.6) is 0 Å². The first-order valence-electron chi connectivity index (χ1n) is 12.6. The molecule has 4 aromatic carbocycles. The second kappa shape index (κ2) is 8.58. The van der Waals surface area contributed by atoms with Gasteiger partial charge in [-0.15, -0.1) is 0 Å². The van der Waals surface area contributed by atoms with E-state index in [4.69, 9.17) is 0 Å². The Kier molecular flexibility index (Phi) is 5.37. The first kappa shape index (κ1) is 21.9. The van der Waals surface area contributed by atoms with Crippen molar-refractivity contribution in [2.24, 2.45) is 0 Å². The van der Waals surface area contributed by atoms with Crippen molar-refractivity contribution in [1.82, 2.24) is 0 Å². The van der Waals surface area contributed by atoms with Crippen molar-refractivity contribution < 1.29 is 0 Å². The van der Waals surface area contributed by atoms with Crippen LogP contribution < -0.4 is 0 Å². The molecule has 1 radical (unpaired) electrons. The summed E-state index contributed by atoms with van der Waals surface area (Å²) >= 11 is 0. The molecule has 2 atom stereocenters. The zero-order valence-corrected chi connectivity index (χ0v) is 21.0. The third-order valence-electron chi connectivity index (χ3n) is 7.93. The van der Waals surface area contributed by atoms with Crippen LogP contribution in [0.1, 0.15) is 58.9 Å².